The lowest BCUT2D eigenvalue weighted by Crippen LogP contribution is -2.44. The van der Waals surface area contributed by atoms with Gasteiger partial charge < -0.3 is 9.47 Å². The molecule has 0 bridgehead atoms. The fourth-order valence-electron chi connectivity index (χ4n) is 5.06. The molecule has 0 aromatic heterocycles. The van der Waals surface area contributed by atoms with Gasteiger partial charge in [-0.2, -0.15) is 0 Å². The maximum atomic E-state index is 6.01. The summed E-state index contributed by atoms with van der Waals surface area (Å²) in [6.07, 6.45) is 7.66. The lowest BCUT2D eigenvalue weighted by atomic mass is 9.59. The highest BCUT2D eigenvalue weighted by Gasteiger charge is 2.49. The molecule has 25 heavy (non-hydrogen) atoms. The second-order valence-electron chi connectivity index (χ2n) is 7.58. The van der Waals surface area contributed by atoms with Gasteiger partial charge in [-0.3, -0.25) is 0 Å². The summed E-state index contributed by atoms with van der Waals surface area (Å²) in [5, 5.41) is 0. The Morgan fingerprint density at radius 2 is 1.56 bits per heavy atom. The quantitative estimate of drug-likeness (QED) is 0.750. The lowest BCUT2D eigenvalue weighted by Gasteiger charge is -2.47. The van der Waals surface area contributed by atoms with Crippen LogP contribution in [0.2, 0.25) is 0 Å². The molecule has 2 aromatic carbocycles. The summed E-state index contributed by atoms with van der Waals surface area (Å²) in [5.41, 5.74) is 6.05. The summed E-state index contributed by atoms with van der Waals surface area (Å²) >= 11 is 0. The average Bonchev–Trinajstić information content (AvgIpc) is 3.11. The minimum absolute atomic E-state index is 0.0940. The number of fused-ring (bicyclic) bond motifs is 3. The number of benzene rings is 2. The maximum absolute atomic E-state index is 6.01. The van der Waals surface area contributed by atoms with Gasteiger partial charge in [0.25, 0.3) is 0 Å². The number of rotatable bonds is 2. The van der Waals surface area contributed by atoms with E-state index in [1.807, 2.05) is 0 Å². The van der Waals surface area contributed by atoms with Gasteiger partial charge in [-0.1, -0.05) is 60.2 Å². The third-order valence-electron chi connectivity index (χ3n) is 6.23. The Morgan fingerprint density at radius 1 is 0.800 bits per heavy atom. The highest BCUT2D eigenvalue weighted by molar-refractivity contribution is 5.49. The van der Waals surface area contributed by atoms with Crippen molar-refractivity contribution in [3.8, 4) is 0 Å². The zero-order valence-electron chi connectivity index (χ0n) is 14.5. The number of aryl methyl sites for hydroxylation is 1. The Morgan fingerprint density at radius 3 is 2.40 bits per heavy atom. The molecule has 0 amide bonds. The molecule has 1 fully saturated rings. The molecule has 3 aliphatic rings. The maximum Gasteiger partial charge on any atom is 0.188 e. The van der Waals surface area contributed by atoms with E-state index in [4.69, 9.17) is 9.47 Å². The molecule has 1 heterocycles. The van der Waals surface area contributed by atoms with E-state index < -0.39 is 5.79 Å². The normalized spacial score (nSPS) is 26.8. The van der Waals surface area contributed by atoms with Crippen molar-refractivity contribution in [1.82, 2.24) is 0 Å². The van der Waals surface area contributed by atoms with Crippen LogP contribution in [0.4, 0.5) is 0 Å². The van der Waals surface area contributed by atoms with Gasteiger partial charge >= 0.3 is 0 Å². The number of hydrogen-bond acceptors (Lipinski definition) is 2. The molecule has 5 rings (SSSR count). The Bertz CT molecular complexity index is 802. The molecule has 0 saturated carbocycles. The third kappa shape index (κ3) is 2.47. The van der Waals surface area contributed by atoms with Gasteiger partial charge in [-0.05, 0) is 48.4 Å². The van der Waals surface area contributed by atoms with Crippen LogP contribution in [0.5, 0.6) is 0 Å². The molecule has 2 nitrogen and oxygen atoms in total. The van der Waals surface area contributed by atoms with Crippen molar-refractivity contribution in [2.24, 2.45) is 0 Å². The van der Waals surface area contributed by atoms with Crippen molar-refractivity contribution in [3.05, 3.63) is 82.9 Å². The SMILES string of the molecule is C1=C2CCc3ccccc3[C@]2(Cc2ccccc2)CCC12OCCO2. The molecule has 0 radical (unpaired) electrons. The van der Waals surface area contributed by atoms with Crippen molar-refractivity contribution < 1.29 is 9.47 Å². The molecule has 2 aromatic rings. The van der Waals surface area contributed by atoms with Gasteiger partial charge in [-0.25, -0.2) is 0 Å². The third-order valence-corrected chi connectivity index (χ3v) is 6.23. The van der Waals surface area contributed by atoms with E-state index in [1.165, 1.54) is 22.3 Å². The van der Waals surface area contributed by atoms with Crippen LogP contribution in [-0.4, -0.2) is 19.0 Å². The Kier molecular flexibility index (Phi) is 3.58. The van der Waals surface area contributed by atoms with E-state index in [-0.39, 0.29) is 5.41 Å². The van der Waals surface area contributed by atoms with Crippen molar-refractivity contribution in [3.63, 3.8) is 0 Å². The largest absolute Gasteiger partial charge is 0.344 e. The van der Waals surface area contributed by atoms with Crippen LogP contribution in [0.1, 0.15) is 36.0 Å². The monoisotopic (exact) mass is 332 g/mol. The topological polar surface area (TPSA) is 18.5 Å². The van der Waals surface area contributed by atoms with Crippen LogP contribution in [0.15, 0.2) is 66.2 Å². The zero-order valence-corrected chi connectivity index (χ0v) is 14.5. The zero-order chi connectivity index (χ0) is 16.7. The first-order valence-corrected chi connectivity index (χ1v) is 9.42. The summed E-state index contributed by atoms with van der Waals surface area (Å²) in [5.74, 6) is -0.457. The Balaban J connectivity index is 1.64. The Hall–Kier alpha value is -1.90. The number of hydrogen-bond donors (Lipinski definition) is 0. The average molecular weight is 332 g/mol. The van der Waals surface area contributed by atoms with E-state index in [1.54, 1.807) is 0 Å². The standard InChI is InChI=1S/C23H24O2/c1-2-6-18(7-3-1)16-22-12-13-23(24-14-15-25-23)17-20(22)11-10-19-8-4-5-9-21(19)22/h1-9,17H,10-16H2/t22-/m0/s1. The highest BCUT2D eigenvalue weighted by Crippen LogP contribution is 2.52. The van der Waals surface area contributed by atoms with E-state index in [2.05, 4.69) is 60.7 Å². The molecular formula is C23H24O2. The summed E-state index contributed by atoms with van der Waals surface area (Å²) < 4.78 is 12.0. The van der Waals surface area contributed by atoms with E-state index in [0.717, 1.165) is 32.1 Å². The molecule has 0 unspecified atom stereocenters. The lowest BCUT2D eigenvalue weighted by molar-refractivity contribution is -0.130. The minimum atomic E-state index is -0.457. The van der Waals surface area contributed by atoms with Crippen LogP contribution in [0, 0.1) is 0 Å². The van der Waals surface area contributed by atoms with Gasteiger partial charge in [0.05, 0.1) is 13.2 Å². The summed E-state index contributed by atoms with van der Waals surface area (Å²) in [6, 6.07) is 20.0. The molecule has 2 aliphatic carbocycles. The first kappa shape index (κ1) is 15.4. The molecule has 1 aliphatic heterocycles. The minimum Gasteiger partial charge on any atom is -0.344 e. The highest BCUT2D eigenvalue weighted by atomic mass is 16.7. The predicted molar refractivity (Wildman–Crippen MR) is 98.5 cm³/mol. The molecule has 0 N–H and O–H groups in total. The van der Waals surface area contributed by atoms with Crippen molar-refractivity contribution in [1.29, 1.82) is 0 Å². The molecule has 128 valence electrons. The summed E-state index contributed by atoms with van der Waals surface area (Å²) in [7, 11) is 0. The summed E-state index contributed by atoms with van der Waals surface area (Å²) in [6.45, 7) is 1.43. The van der Waals surface area contributed by atoms with Crippen molar-refractivity contribution in [2.45, 2.75) is 43.3 Å². The fraction of sp³-hybridized carbons (Fsp3) is 0.391. The Labute approximate surface area is 149 Å². The van der Waals surface area contributed by atoms with Gasteiger partial charge in [0.2, 0.25) is 0 Å². The van der Waals surface area contributed by atoms with Crippen LogP contribution >= 0.6 is 0 Å². The van der Waals surface area contributed by atoms with Crippen LogP contribution < -0.4 is 0 Å². The number of allylic oxidation sites excluding steroid dienone is 1. The molecular weight excluding hydrogens is 308 g/mol. The van der Waals surface area contributed by atoms with Gasteiger partial charge in [0.1, 0.15) is 0 Å². The summed E-state index contributed by atoms with van der Waals surface area (Å²) in [4.78, 5) is 0. The van der Waals surface area contributed by atoms with E-state index in [0.29, 0.717) is 13.2 Å². The van der Waals surface area contributed by atoms with Crippen LogP contribution in [0.3, 0.4) is 0 Å². The molecule has 1 spiro atoms. The predicted octanol–water partition coefficient (Wildman–Crippen LogP) is 4.58. The van der Waals surface area contributed by atoms with Gasteiger partial charge in [0.15, 0.2) is 5.79 Å². The second kappa shape index (κ2) is 5.82. The van der Waals surface area contributed by atoms with E-state index in [9.17, 15) is 0 Å². The molecule has 1 atom stereocenters. The second-order valence-corrected chi connectivity index (χ2v) is 7.58. The number of ether oxygens (including phenoxy) is 2. The van der Waals surface area contributed by atoms with Crippen molar-refractivity contribution in [2.75, 3.05) is 13.2 Å². The molecule has 2 heteroatoms. The first-order valence-electron chi connectivity index (χ1n) is 9.42. The van der Waals surface area contributed by atoms with Crippen LogP contribution in [0.25, 0.3) is 0 Å². The van der Waals surface area contributed by atoms with Gasteiger partial charge in [0, 0.05) is 11.8 Å². The molecule has 1 saturated heterocycles. The van der Waals surface area contributed by atoms with E-state index >= 15 is 0 Å². The van der Waals surface area contributed by atoms with Gasteiger partial charge in [-0.15, -0.1) is 0 Å². The fourth-order valence-corrected chi connectivity index (χ4v) is 5.06. The van der Waals surface area contributed by atoms with Crippen LogP contribution in [-0.2, 0) is 27.7 Å². The smallest absolute Gasteiger partial charge is 0.188 e. The van der Waals surface area contributed by atoms with Crippen molar-refractivity contribution >= 4 is 0 Å². The first-order chi connectivity index (χ1) is 12.3.